The third-order valence-corrected chi connectivity index (χ3v) is 1.90. The summed E-state index contributed by atoms with van der Waals surface area (Å²) in [4.78, 5) is 0. The highest BCUT2D eigenvalue weighted by atomic mass is 13.9. The van der Waals surface area contributed by atoms with Gasteiger partial charge in [-0.3, -0.25) is 0 Å². The summed E-state index contributed by atoms with van der Waals surface area (Å²) in [7, 11) is 0. The highest BCUT2D eigenvalue weighted by Gasteiger charge is 1.81. The van der Waals surface area contributed by atoms with Gasteiger partial charge in [0.05, 0.1) is 0 Å². The van der Waals surface area contributed by atoms with E-state index in [0.717, 1.165) is 12.0 Å². The Morgan fingerprint density at radius 3 is 2.33 bits per heavy atom. The molecule has 0 amide bonds. The molecule has 0 rings (SSSR count). The van der Waals surface area contributed by atoms with E-state index in [0.29, 0.717) is 0 Å². The fourth-order valence-electron chi connectivity index (χ4n) is 0.941. The first-order chi connectivity index (χ1) is 7.06. The average molecular weight is 200 g/mol. The highest BCUT2D eigenvalue weighted by molar-refractivity contribution is 5.29. The van der Waals surface area contributed by atoms with Crippen molar-refractivity contribution in [3.63, 3.8) is 0 Å². The topological polar surface area (TPSA) is 0 Å². The van der Waals surface area contributed by atoms with Crippen molar-refractivity contribution >= 4 is 0 Å². The molecule has 0 radical (unpaired) electrons. The Morgan fingerprint density at radius 1 is 1.13 bits per heavy atom. The lowest BCUT2D eigenvalue weighted by Gasteiger charge is -1.91. The highest BCUT2D eigenvalue weighted by Crippen LogP contribution is 2.01. The molecule has 15 heavy (non-hydrogen) atoms. The smallest absolute Gasteiger partial charge is 0.00135 e. The molecule has 0 bridgehead atoms. The molecule has 0 aromatic carbocycles. The Morgan fingerprint density at radius 2 is 1.80 bits per heavy atom. The molecule has 0 aliphatic heterocycles. The molecule has 0 N–H and O–H groups in total. The van der Waals surface area contributed by atoms with E-state index in [1.54, 1.807) is 0 Å². The molecule has 0 aliphatic rings. The summed E-state index contributed by atoms with van der Waals surface area (Å²) in [5.41, 5.74) is 3.56. The van der Waals surface area contributed by atoms with Crippen LogP contribution in [0.15, 0.2) is 47.1 Å². The molecular weight excluding hydrogens is 180 g/mol. The molecule has 0 aromatic heterocycles. The van der Waals surface area contributed by atoms with Crippen molar-refractivity contribution < 1.29 is 0 Å². The van der Waals surface area contributed by atoms with Crippen molar-refractivity contribution in [1.82, 2.24) is 0 Å². The van der Waals surface area contributed by atoms with Crippen molar-refractivity contribution in [2.24, 2.45) is 0 Å². The van der Waals surface area contributed by atoms with E-state index in [-0.39, 0.29) is 0 Å². The lowest BCUT2D eigenvalue weighted by molar-refractivity contribution is 1.26. The van der Waals surface area contributed by atoms with Crippen LogP contribution in [0, 0.1) is 12.3 Å². The van der Waals surface area contributed by atoms with Crippen LogP contribution in [0.4, 0.5) is 0 Å². The van der Waals surface area contributed by atoms with Crippen LogP contribution in [-0.2, 0) is 0 Å². The number of terminal acetylenes is 1. The van der Waals surface area contributed by atoms with Gasteiger partial charge in [-0.25, -0.2) is 0 Å². The van der Waals surface area contributed by atoms with E-state index in [2.05, 4.69) is 44.9 Å². The maximum Gasteiger partial charge on any atom is -0.00135 e. The van der Waals surface area contributed by atoms with Gasteiger partial charge in [-0.1, -0.05) is 47.4 Å². The fraction of sp³-hybridized carbons (Fsp3) is 0.333. The first-order valence-corrected chi connectivity index (χ1v) is 5.18. The van der Waals surface area contributed by atoms with E-state index in [1.807, 2.05) is 19.1 Å². The van der Waals surface area contributed by atoms with Crippen LogP contribution in [0.2, 0.25) is 0 Å². The first-order valence-electron chi connectivity index (χ1n) is 5.18. The van der Waals surface area contributed by atoms with Crippen LogP contribution in [0.1, 0.15) is 34.1 Å². The minimum absolute atomic E-state index is 0.948. The van der Waals surface area contributed by atoms with Crippen LogP contribution in [0.25, 0.3) is 0 Å². The quantitative estimate of drug-likeness (QED) is 0.358. The first kappa shape index (κ1) is 13.5. The Bertz CT molecular complexity index is 337. The summed E-state index contributed by atoms with van der Waals surface area (Å²) in [6.07, 6.45) is 16.6. The maximum atomic E-state index is 5.23. The lowest BCUT2D eigenvalue weighted by atomic mass is 10.2. The largest absolute Gasteiger partial charge is 0.115 e. The summed E-state index contributed by atoms with van der Waals surface area (Å²) < 4.78 is 0. The minimum Gasteiger partial charge on any atom is -0.115 e. The molecule has 0 atom stereocenters. The molecule has 0 nitrogen and oxygen atoms in total. The van der Waals surface area contributed by atoms with Crippen LogP contribution in [-0.4, -0.2) is 0 Å². The fourth-order valence-corrected chi connectivity index (χ4v) is 0.941. The molecule has 0 heteroatoms. The van der Waals surface area contributed by atoms with Gasteiger partial charge in [-0.2, -0.15) is 0 Å². The Hall–Kier alpha value is -1.48. The Labute approximate surface area is 94.1 Å². The van der Waals surface area contributed by atoms with Gasteiger partial charge in [-0.15, -0.1) is 6.42 Å². The van der Waals surface area contributed by atoms with Crippen molar-refractivity contribution in [2.45, 2.75) is 34.1 Å². The molecule has 0 unspecified atom stereocenters. The standard InChI is InChI=1S/C15H20/c1-6-14(4)10-8-12-15(5)11-7-9-13(2)3/h1,8-12H,7H2,2-5H3. The van der Waals surface area contributed by atoms with Crippen molar-refractivity contribution in [2.75, 3.05) is 0 Å². The summed E-state index contributed by atoms with van der Waals surface area (Å²) >= 11 is 0. The minimum atomic E-state index is 0.948. The Kier molecular flexibility index (Phi) is 7.10. The molecule has 0 saturated carbocycles. The van der Waals surface area contributed by atoms with Gasteiger partial charge in [0.25, 0.3) is 0 Å². The second-order valence-corrected chi connectivity index (χ2v) is 3.82. The van der Waals surface area contributed by atoms with Crippen LogP contribution >= 0.6 is 0 Å². The van der Waals surface area contributed by atoms with Crippen molar-refractivity contribution in [3.8, 4) is 12.3 Å². The van der Waals surface area contributed by atoms with Gasteiger partial charge in [-0.05, 0) is 39.7 Å². The van der Waals surface area contributed by atoms with Gasteiger partial charge in [0.2, 0.25) is 0 Å². The lowest BCUT2D eigenvalue weighted by Crippen LogP contribution is -1.70. The average Bonchev–Trinajstić information content (AvgIpc) is 2.17. The van der Waals surface area contributed by atoms with Crippen molar-refractivity contribution in [1.29, 1.82) is 0 Å². The molecular formula is C15H20. The second kappa shape index (κ2) is 7.88. The van der Waals surface area contributed by atoms with Crippen LogP contribution in [0.3, 0.4) is 0 Å². The predicted molar refractivity (Wildman–Crippen MR) is 69.5 cm³/mol. The van der Waals surface area contributed by atoms with Gasteiger partial charge in [0, 0.05) is 0 Å². The number of rotatable bonds is 4. The molecule has 0 saturated heterocycles. The number of hydrogen-bond donors (Lipinski definition) is 0. The third kappa shape index (κ3) is 8.84. The van der Waals surface area contributed by atoms with E-state index < -0.39 is 0 Å². The van der Waals surface area contributed by atoms with Gasteiger partial charge in [0.15, 0.2) is 0 Å². The second-order valence-electron chi connectivity index (χ2n) is 3.82. The van der Waals surface area contributed by atoms with E-state index in [1.165, 1.54) is 11.1 Å². The molecule has 0 fully saturated rings. The molecule has 0 aliphatic carbocycles. The van der Waals surface area contributed by atoms with Crippen molar-refractivity contribution in [3.05, 3.63) is 47.1 Å². The zero-order chi connectivity index (χ0) is 11.7. The summed E-state index contributed by atoms with van der Waals surface area (Å²) in [6.45, 7) is 8.23. The maximum absolute atomic E-state index is 5.23. The van der Waals surface area contributed by atoms with Gasteiger partial charge in [0.1, 0.15) is 0 Å². The van der Waals surface area contributed by atoms with E-state index in [4.69, 9.17) is 6.42 Å². The summed E-state index contributed by atoms with van der Waals surface area (Å²) in [5, 5.41) is 0. The zero-order valence-corrected chi connectivity index (χ0v) is 10.2. The molecule has 0 spiro atoms. The predicted octanol–water partition coefficient (Wildman–Crippen LogP) is 4.42. The number of hydrogen-bond acceptors (Lipinski definition) is 0. The number of allylic oxidation sites excluding steroid dienone is 8. The summed E-state index contributed by atoms with van der Waals surface area (Å²) in [6, 6.07) is 0. The van der Waals surface area contributed by atoms with Gasteiger partial charge >= 0.3 is 0 Å². The van der Waals surface area contributed by atoms with Crippen LogP contribution in [0.5, 0.6) is 0 Å². The monoisotopic (exact) mass is 200 g/mol. The Balaban J connectivity index is 4.20. The van der Waals surface area contributed by atoms with Gasteiger partial charge < -0.3 is 0 Å². The summed E-state index contributed by atoms with van der Waals surface area (Å²) in [5.74, 6) is 2.58. The van der Waals surface area contributed by atoms with E-state index in [9.17, 15) is 0 Å². The molecule has 0 aromatic rings. The van der Waals surface area contributed by atoms with E-state index >= 15 is 0 Å². The SMILES string of the molecule is C#CC(C)=CC=CC(C)=CCC=C(C)C. The molecule has 80 valence electrons. The molecule has 0 heterocycles. The zero-order valence-electron chi connectivity index (χ0n) is 10.2. The third-order valence-electron chi connectivity index (χ3n) is 1.90. The normalized spacial score (nSPS) is 12.7. The van der Waals surface area contributed by atoms with Crippen LogP contribution < -0.4 is 0 Å².